The minimum Gasteiger partial charge on any atom is -0.461 e. The predicted molar refractivity (Wildman–Crippen MR) is 141 cm³/mol. The number of benzene rings is 3. The van der Waals surface area contributed by atoms with Gasteiger partial charge < -0.3 is 14.8 Å². The maximum Gasteiger partial charge on any atom is 0.343 e. The first kappa shape index (κ1) is 28.5. The molecule has 3 aromatic carbocycles. The van der Waals surface area contributed by atoms with Gasteiger partial charge in [-0.05, 0) is 62.2 Å². The molecule has 0 aliphatic heterocycles. The maximum absolute atomic E-state index is 12.7. The second kappa shape index (κ2) is 13.5. The van der Waals surface area contributed by atoms with Crippen LogP contribution < -0.4 is 14.8 Å². The van der Waals surface area contributed by atoms with E-state index in [1.807, 2.05) is 30.3 Å². The number of nitrogens with one attached hydrogen (secondary N) is 2. The number of ether oxygens (including phenoxy) is 2. The SMILES string of the molecule is CC(C)NS(=O)(=O)c1ccc(C(=O)Oc2ccccc2C(=O)NCCCC(=O)OCc2ccccc2)cc1. The van der Waals surface area contributed by atoms with Crippen LogP contribution in [0.3, 0.4) is 0 Å². The fraction of sp³-hybridized carbons (Fsp3) is 0.250. The number of carbonyl (C=O) groups excluding carboxylic acids is 3. The van der Waals surface area contributed by atoms with Gasteiger partial charge in [-0.15, -0.1) is 0 Å². The maximum atomic E-state index is 12.7. The molecule has 0 radical (unpaired) electrons. The summed E-state index contributed by atoms with van der Waals surface area (Å²) in [6.07, 6.45) is 0.518. The van der Waals surface area contributed by atoms with Gasteiger partial charge in [0.25, 0.3) is 5.91 Å². The van der Waals surface area contributed by atoms with Crippen molar-refractivity contribution in [3.05, 3.63) is 95.6 Å². The number of esters is 2. The average molecular weight is 539 g/mol. The van der Waals surface area contributed by atoms with Crippen LogP contribution in [-0.2, 0) is 26.2 Å². The molecule has 3 rings (SSSR count). The molecule has 0 saturated carbocycles. The lowest BCUT2D eigenvalue weighted by Crippen LogP contribution is -2.30. The number of amides is 1. The highest BCUT2D eigenvalue weighted by atomic mass is 32.2. The number of para-hydroxylation sites is 1. The Labute approximate surface area is 222 Å². The molecule has 0 aromatic heterocycles. The molecule has 0 fully saturated rings. The third-order valence-corrected chi connectivity index (χ3v) is 6.89. The van der Waals surface area contributed by atoms with E-state index < -0.39 is 21.9 Å². The van der Waals surface area contributed by atoms with E-state index in [4.69, 9.17) is 9.47 Å². The Morgan fingerprint density at radius 2 is 1.53 bits per heavy atom. The summed E-state index contributed by atoms with van der Waals surface area (Å²) in [7, 11) is -3.70. The van der Waals surface area contributed by atoms with Crippen LogP contribution in [0, 0.1) is 0 Å². The van der Waals surface area contributed by atoms with Crippen molar-refractivity contribution in [2.24, 2.45) is 0 Å². The highest BCUT2D eigenvalue weighted by Crippen LogP contribution is 2.20. The average Bonchev–Trinajstić information content (AvgIpc) is 2.90. The summed E-state index contributed by atoms with van der Waals surface area (Å²) in [5, 5.41) is 2.71. The molecule has 0 aliphatic carbocycles. The van der Waals surface area contributed by atoms with E-state index >= 15 is 0 Å². The second-order valence-corrected chi connectivity index (χ2v) is 10.4. The highest BCUT2D eigenvalue weighted by Gasteiger charge is 2.19. The van der Waals surface area contributed by atoms with Crippen molar-refractivity contribution < 1.29 is 32.3 Å². The molecule has 10 heteroatoms. The van der Waals surface area contributed by atoms with Gasteiger partial charge >= 0.3 is 11.9 Å². The van der Waals surface area contributed by atoms with Gasteiger partial charge in [-0.25, -0.2) is 17.9 Å². The van der Waals surface area contributed by atoms with Gasteiger partial charge in [0.15, 0.2) is 0 Å². The van der Waals surface area contributed by atoms with Gasteiger partial charge in [0.05, 0.1) is 16.0 Å². The van der Waals surface area contributed by atoms with E-state index in [1.165, 1.54) is 36.4 Å². The first-order valence-electron chi connectivity index (χ1n) is 12.1. The van der Waals surface area contributed by atoms with E-state index in [0.29, 0.717) is 6.42 Å². The van der Waals surface area contributed by atoms with Crippen LogP contribution in [0.1, 0.15) is 53.0 Å². The molecule has 9 nitrogen and oxygen atoms in total. The molecular weight excluding hydrogens is 508 g/mol. The van der Waals surface area contributed by atoms with Gasteiger partial charge in [-0.2, -0.15) is 0 Å². The van der Waals surface area contributed by atoms with E-state index in [9.17, 15) is 22.8 Å². The van der Waals surface area contributed by atoms with Crippen LogP contribution >= 0.6 is 0 Å². The van der Waals surface area contributed by atoms with Crippen LogP contribution in [0.2, 0.25) is 0 Å². The quantitative estimate of drug-likeness (QED) is 0.204. The summed E-state index contributed by atoms with van der Waals surface area (Å²) in [6, 6.07) is 20.6. The Balaban J connectivity index is 1.51. The second-order valence-electron chi connectivity index (χ2n) is 8.69. The van der Waals surface area contributed by atoms with Crippen LogP contribution in [-0.4, -0.2) is 38.9 Å². The first-order valence-corrected chi connectivity index (χ1v) is 13.6. The molecule has 0 saturated heterocycles. The van der Waals surface area contributed by atoms with Crippen molar-refractivity contribution in [2.75, 3.05) is 6.54 Å². The summed E-state index contributed by atoms with van der Waals surface area (Å²) in [6.45, 7) is 3.83. The third kappa shape index (κ3) is 8.53. The van der Waals surface area contributed by atoms with Gasteiger partial charge in [0.2, 0.25) is 10.0 Å². The molecule has 0 spiro atoms. The molecule has 0 unspecified atom stereocenters. The fourth-order valence-electron chi connectivity index (χ4n) is 3.39. The van der Waals surface area contributed by atoms with Gasteiger partial charge in [0, 0.05) is 19.0 Å². The van der Waals surface area contributed by atoms with Crippen molar-refractivity contribution in [1.82, 2.24) is 10.0 Å². The van der Waals surface area contributed by atoms with Crippen LogP contribution in [0.4, 0.5) is 0 Å². The third-order valence-electron chi connectivity index (χ3n) is 5.21. The molecule has 0 atom stereocenters. The first-order chi connectivity index (χ1) is 18.2. The number of rotatable bonds is 12. The lowest BCUT2D eigenvalue weighted by atomic mass is 10.1. The number of hydrogen-bond acceptors (Lipinski definition) is 7. The molecule has 0 aliphatic rings. The van der Waals surface area contributed by atoms with E-state index in [-0.39, 0.29) is 53.4 Å². The molecule has 3 aromatic rings. The van der Waals surface area contributed by atoms with E-state index in [1.54, 1.807) is 26.0 Å². The summed E-state index contributed by atoms with van der Waals surface area (Å²) in [5.74, 6) is -1.52. The summed E-state index contributed by atoms with van der Waals surface area (Å²) in [5.41, 5.74) is 1.16. The van der Waals surface area contributed by atoms with Crippen molar-refractivity contribution >= 4 is 27.9 Å². The number of hydrogen-bond donors (Lipinski definition) is 2. The standard InChI is InChI=1S/C28H30N2O7S/c1-20(2)30-38(34,35)23-16-14-22(15-17-23)28(33)37-25-12-7-6-11-24(25)27(32)29-18-8-13-26(31)36-19-21-9-4-3-5-10-21/h3-7,9-12,14-17,20,30H,8,13,18-19H2,1-2H3,(H,29,32). The Hall–Kier alpha value is -4.02. The minimum atomic E-state index is -3.70. The highest BCUT2D eigenvalue weighted by molar-refractivity contribution is 7.89. The minimum absolute atomic E-state index is 0.0199. The fourth-order valence-corrected chi connectivity index (χ4v) is 4.64. The largest absolute Gasteiger partial charge is 0.461 e. The Bertz CT molecular complexity index is 1360. The zero-order valence-corrected chi connectivity index (χ0v) is 22.0. The molecule has 200 valence electrons. The zero-order valence-electron chi connectivity index (χ0n) is 21.2. The predicted octanol–water partition coefficient (Wildman–Crippen LogP) is 3.85. The normalized spacial score (nSPS) is 11.1. The van der Waals surface area contributed by atoms with Crippen LogP contribution in [0.25, 0.3) is 0 Å². The number of sulfonamides is 1. The Kier molecular flexibility index (Phi) is 10.1. The van der Waals surface area contributed by atoms with Crippen LogP contribution in [0.5, 0.6) is 5.75 Å². The smallest absolute Gasteiger partial charge is 0.343 e. The van der Waals surface area contributed by atoms with E-state index in [2.05, 4.69) is 10.0 Å². The van der Waals surface area contributed by atoms with Gasteiger partial charge in [-0.3, -0.25) is 9.59 Å². The summed E-state index contributed by atoms with van der Waals surface area (Å²) >= 11 is 0. The zero-order chi connectivity index (χ0) is 27.5. The van der Waals surface area contributed by atoms with Gasteiger partial charge in [0.1, 0.15) is 12.4 Å². The molecular formula is C28H30N2O7S. The van der Waals surface area contributed by atoms with Crippen molar-refractivity contribution in [1.29, 1.82) is 0 Å². The molecule has 0 heterocycles. The molecule has 0 bridgehead atoms. The van der Waals surface area contributed by atoms with Crippen molar-refractivity contribution in [2.45, 2.75) is 44.2 Å². The Morgan fingerprint density at radius 3 is 2.21 bits per heavy atom. The monoisotopic (exact) mass is 538 g/mol. The summed E-state index contributed by atoms with van der Waals surface area (Å²) < 4.78 is 37.7. The van der Waals surface area contributed by atoms with E-state index in [0.717, 1.165) is 5.56 Å². The molecule has 38 heavy (non-hydrogen) atoms. The molecule has 2 N–H and O–H groups in total. The summed E-state index contributed by atoms with van der Waals surface area (Å²) in [4.78, 5) is 37.3. The Morgan fingerprint density at radius 1 is 0.868 bits per heavy atom. The topological polar surface area (TPSA) is 128 Å². The van der Waals surface area contributed by atoms with Crippen LogP contribution in [0.15, 0.2) is 83.8 Å². The number of carbonyl (C=O) groups is 3. The molecule has 1 amide bonds. The lowest BCUT2D eigenvalue weighted by molar-refractivity contribution is -0.145. The lowest BCUT2D eigenvalue weighted by Gasteiger charge is -2.12. The van der Waals surface area contributed by atoms with Crippen molar-refractivity contribution in [3.8, 4) is 5.75 Å². The van der Waals surface area contributed by atoms with Gasteiger partial charge in [-0.1, -0.05) is 42.5 Å². The van der Waals surface area contributed by atoms with Crippen molar-refractivity contribution in [3.63, 3.8) is 0 Å².